The van der Waals surface area contributed by atoms with Crippen LogP contribution in [0, 0.1) is 5.41 Å². The van der Waals surface area contributed by atoms with E-state index in [0.717, 1.165) is 6.54 Å². The Morgan fingerprint density at radius 3 is 3.12 bits per heavy atom. The SMILES string of the molecule is Cn1cc(CN2CCC[C@@]3(CCNC3)C2)cn1. The summed E-state index contributed by atoms with van der Waals surface area (Å²) < 4.78 is 1.90. The van der Waals surface area contributed by atoms with Gasteiger partial charge in [0, 0.05) is 38.4 Å². The van der Waals surface area contributed by atoms with Crippen LogP contribution >= 0.6 is 0 Å². The van der Waals surface area contributed by atoms with E-state index in [4.69, 9.17) is 0 Å². The Balaban J connectivity index is 1.64. The standard InChI is InChI=1S/C13H22N4/c1-16-8-12(7-15-16)9-17-6-2-3-13(11-17)4-5-14-10-13/h7-8,14H,2-6,9-11H2,1H3/t13-/m0/s1. The summed E-state index contributed by atoms with van der Waals surface area (Å²) in [5, 5.41) is 7.78. The van der Waals surface area contributed by atoms with E-state index in [1.165, 1.54) is 51.0 Å². The molecule has 0 bridgehead atoms. The third-order valence-electron chi connectivity index (χ3n) is 4.24. The monoisotopic (exact) mass is 234 g/mol. The quantitative estimate of drug-likeness (QED) is 0.828. The fraction of sp³-hybridized carbons (Fsp3) is 0.769. The zero-order valence-electron chi connectivity index (χ0n) is 10.7. The highest BCUT2D eigenvalue weighted by Crippen LogP contribution is 2.35. The second kappa shape index (κ2) is 4.42. The van der Waals surface area contributed by atoms with Crippen molar-refractivity contribution in [1.29, 1.82) is 0 Å². The number of nitrogens with zero attached hydrogens (tertiary/aromatic N) is 3. The summed E-state index contributed by atoms with van der Waals surface area (Å²) in [6, 6.07) is 0. The van der Waals surface area contributed by atoms with E-state index in [1.807, 2.05) is 17.9 Å². The van der Waals surface area contributed by atoms with E-state index in [2.05, 4.69) is 21.5 Å². The van der Waals surface area contributed by atoms with Crippen molar-refractivity contribution in [3.8, 4) is 0 Å². The van der Waals surface area contributed by atoms with Gasteiger partial charge in [0.25, 0.3) is 0 Å². The first-order valence-electron chi connectivity index (χ1n) is 6.66. The Labute approximate surface area is 103 Å². The second-order valence-corrected chi connectivity index (χ2v) is 5.76. The van der Waals surface area contributed by atoms with Crippen molar-refractivity contribution in [2.24, 2.45) is 12.5 Å². The van der Waals surface area contributed by atoms with E-state index in [0.29, 0.717) is 5.41 Å². The van der Waals surface area contributed by atoms with Gasteiger partial charge in [-0.05, 0) is 37.8 Å². The summed E-state index contributed by atoms with van der Waals surface area (Å²) in [6.45, 7) is 6.00. The molecule has 1 spiro atoms. The molecule has 1 N–H and O–H groups in total. The van der Waals surface area contributed by atoms with Gasteiger partial charge in [-0.2, -0.15) is 5.10 Å². The molecule has 0 radical (unpaired) electrons. The lowest BCUT2D eigenvalue weighted by Gasteiger charge is -2.39. The highest BCUT2D eigenvalue weighted by molar-refractivity contribution is 5.04. The minimum absolute atomic E-state index is 0.570. The number of rotatable bonds is 2. The smallest absolute Gasteiger partial charge is 0.0534 e. The van der Waals surface area contributed by atoms with Crippen molar-refractivity contribution in [3.05, 3.63) is 18.0 Å². The molecule has 0 saturated carbocycles. The molecule has 4 heteroatoms. The van der Waals surface area contributed by atoms with Crippen LogP contribution in [0.4, 0.5) is 0 Å². The Hall–Kier alpha value is -0.870. The minimum atomic E-state index is 0.570. The van der Waals surface area contributed by atoms with E-state index < -0.39 is 0 Å². The lowest BCUT2D eigenvalue weighted by molar-refractivity contribution is 0.0978. The number of piperidine rings is 1. The lowest BCUT2D eigenvalue weighted by Crippen LogP contribution is -2.43. The summed E-state index contributed by atoms with van der Waals surface area (Å²) in [5.41, 5.74) is 1.91. The highest BCUT2D eigenvalue weighted by atomic mass is 15.2. The summed E-state index contributed by atoms with van der Waals surface area (Å²) in [5.74, 6) is 0. The van der Waals surface area contributed by atoms with Gasteiger partial charge in [0.2, 0.25) is 0 Å². The molecule has 0 amide bonds. The van der Waals surface area contributed by atoms with Gasteiger partial charge in [-0.1, -0.05) is 0 Å². The molecule has 2 fully saturated rings. The first kappa shape index (κ1) is 11.2. The van der Waals surface area contributed by atoms with Crippen molar-refractivity contribution in [2.75, 3.05) is 26.2 Å². The summed E-state index contributed by atoms with van der Waals surface area (Å²) >= 11 is 0. The average molecular weight is 234 g/mol. The number of hydrogen-bond acceptors (Lipinski definition) is 3. The van der Waals surface area contributed by atoms with Gasteiger partial charge in [0.15, 0.2) is 0 Å². The van der Waals surface area contributed by atoms with Crippen molar-refractivity contribution >= 4 is 0 Å². The van der Waals surface area contributed by atoms with Gasteiger partial charge in [-0.15, -0.1) is 0 Å². The van der Waals surface area contributed by atoms with Crippen molar-refractivity contribution in [3.63, 3.8) is 0 Å². The van der Waals surface area contributed by atoms with Crippen LogP contribution in [0.3, 0.4) is 0 Å². The summed E-state index contributed by atoms with van der Waals surface area (Å²) in [7, 11) is 1.99. The van der Waals surface area contributed by atoms with E-state index in [9.17, 15) is 0 Å². The second-order valence-electron chi connectivity index (χ2n) is 5.76. The molecule has 2 aliphatic heterocycles. The molecular weight excluding hydrogens is 212 g/mol. The molecular formula is C13H22N4. The van der Waals surface area contributed by atoms with E-state index >= 15 is 0 Å². The third-order valence-corrected chi connectivity index (χ3v) is 4.24. The zero-order valence-corrected chi connectivity index (χ0v) is 10.7. The zero-order chi connectivity index (χ0) is 11.7. The van der Waals surface area contributed by atoms with Crippen molar-refractivity contribution < 1.29 is 0 Å². The topological polar surface area (TPSA) is 33.1 Å². The van der Waals surface area contributed by atoms with Gasteiger partial charge < -0.3 is 5.32 Å². The maximum atomic E-state index is 4.25. The average Bonchev–Trinajstić information content (AvgIpc) is 2.89. The molecule has 3 rings (SSSR count). The van der Waals surface area contributed by atoms with Crippen LogP contribution in [0.1, 0.15) is 24.8 Å². The van der Waals surface area contributed by atoms with Gasteiger partial charge in [0.05, 0.1) is 6.20 Å². The Morgan fingerprint density at radius 2 is 2.41 bits per heavy atom. The first-order chi connectivity index (χ1) is 8.26. The molecule has 2 aliphatic rings. The molecule has 2 saturated heterocycles. The fourth-order valence-electron chi connectivity index (χ4n) is 3.40. The number of hydrogen-bond donors (Lipinski definition) is 1. The Bertz CT molecular complexity index is 379. The van der Waals surface area contributed by atoms with Crippen molar-refractivity contribution in [1.82, 2.24) is 20.0 Å². The van der Waals surface area contributed by atoms with Gasteiger partial charge >= 0.3 is 0 Å². The molecule has 1 aromatic heterocycles. The maximum Gasteiger partial charge on any atom is 0.0534 e. The molecule has 1 atom stereocenters. The van der Waals surface area contributed by atoms with Crippen LogP contribution in [-0.2, 0) is 13.6 Å². The van der Waals surface area contributed by atoms with Crippen LogP contribution < -0.4 is 5.32 Å². The first-order valence-corrected chi connectivity index (χ1v) is 6.66. The minimum Gasteiger partial charge on any atom is -0.316 e. The summed E-state index contributed by atoms with van der Waals surface area (Å²) in [4.78, 5) is 2.60. The molecule has 4 nitrogen and oxygen atoms in total. The molecule has 17 heavy (non-hydrogen) atoms. The molecule has 1 aromatic rings. The predicted octanol–water partition coefficient (Wildman–Crippen LogP) is 0.996. The van der Waals surface area contributed by atoms with Crippen LogP contribution in [-0.4, -0.2) is 40.9 Å². The molecule has 0 unspecified atom stereocenters. The van der Waals surface area contributed by atoms with Gasteiger partial charge in [-0.25, -0.2) is 0 Å². The van der Waals surface area contributed by atoms with Crippen LogP contribution in [0.2, 0.25) is 0 Å². The van der Waals surface area contributed by atoms with Crippen LogP contribution in [0.5, 0.6) is 0 Å². The maximum absolute atomic E-state index is 4.25. The molecule has 3 heterocycles. The number of likely N-dealkylation sites (tertiary alicyclic amines) is 1. The van der Waals surface area contributed by atoms with Crippen LogP contribution in [0.25, 0.3) is 0 Å². The largest absolute Gasteiger partial charge is 0.316 e. The third kappa shape index (κ3) is 2.38. The molecule has 94 valence electrons. The Morgan fingerprint density at radius 1 is 1.47 bits per heavy atom. The van der Waals surface area contributed by atoms with Crippen molar-refractivity contribution in [2.45, 2.75) is 25.8 Å². The predicted molar refractivity (Wildman–Crippen MR) is 67.6 cm³/mol. The van der Waals surface area contributed by atoms with Crippen LogP contribution in [0.15, 0.2) is 12.4 Å². The highest BCUT2D eigenvalue weighted by Gasteiger charge is 2.37. The van der Waals surface area contributed by atoms with E-state index in [-0.39, 0.29) is 0 Å². The summed E-state index contributed by atoms with van der Waals surface area (Å²) in [6.07, 6.45) is 8.24. The number of aromatic nitrogens is 2. The molecule has 0 aliphatic carbocycles. The lowest BCUT2D eigenvalue weighted by atomic mass is 9.79. The fourth-order valence-corrected chi connectivity index (χ4v) is 3.40. The Kier molecular flexibility index (Phi) is 2.92. The van der Waals surface area contributed by atoms with E-state index in [1.54, 1.807) is 0 Å². The van der Waals surface area contributed by atoms with Gasteiger partial charge in [-0.3, -0.25) is 9.58 Å². The number of nitrogens with one attached hydrogen (secondary N) is 1. The molecule has 0 aromatic carbocycles. The normalized spacial score (nSPS) is 30.2. The van der Waals surface area contributed by atoms with Gasteiger partial charge in [0.1, 0.15) is 0 Å². The number of aryl methyl sites for hydroxylation is 1.